The van der Waals surface area contributed by atoms with Gasteiger partial charge in [0.15, 0.2) is 0 Å². The average molecular weight is 238 g/mol. The van der Waals surface area contributed by atoms with Gasteiger partial charge in [0.25, 0.3) is 0 Å². The van der Waals surface area contributed by atoms with Gasteiger partial charge in [0.2, 0.25) is 0 Å². The van der Waals surface area contributed by atoms with Gasteiger partial charge in [0, 0.05) is 6.04 Å². The zero-order chi connectivity index (χ0) is 12.9. The van der Waals surface area contributed by atoms with Crippen LogP contribution in [0.5, 0.6) is 0 Å². The molecule has 0 aliphatic carbocycles. The predicted molar refractivity (Wildman–Crippen MR) is 74.9 cm³/mol. The average Bonchev–Trinajstić information content (AvgIpc) is 2.31. The van der Waals surface area contributed by atoms with Gasteiger partial charge in [0.1, 0.15) is 0 Å². The van der Waals surface area contributed by atoms with Crippen molar-refractivity contribution in [3.63, 3.8) is 0 Å². The highest BCUT2D eigenvalue weighted by Gasteiger charge is 2.07. The van der Waals surface area contributed by atoms with E-state index in [4.69, 9.17) is 5.26 Å². The minimum absolute atomic E-state index is 0.499. The molecule has 2 heteroatoms. The Morgan fingerprint density at radius 3 is 1.94 bits per heavy atom. The summed E-state index contributed by atoms with van der Waals surface area (Å²) >= 11 is 0. The molecule has 0 aromatic rings. The zero-order valence-electron chi connectivity index (χ0n) is 12.0. The van der Waals surface area contributed by atoms with Gasteiger partial charge in [0.05, 0.1) is 12.6 Å². The van der Waals surface area contributed by atoms with Crippen molar-refractivity contribution in [2.75, 3.05) is 13.1 Å². The first-order valence-corrected chi connectivity index (χ1v) is 7.33. The highest BCUT2D eigenvalue weighted by Crippen LogP contribution is 2.09. The second kappa shape index (κ2) is 11.9. The molecule has 0 saturated carbocycles. The van der Waals surface area contributed by atoms with Gasteiger partial charge in [-0.15, -0.1) is 0 Å². The molecule has 100 valence electrons. The van der Waals surface area contributed by atoms with Crippen LogP contribution in [0.1, 0.15) is 72.1 Å². The van der Waals surface area contributed by atoms with E-state index in [0.717, 1.165) is 6.54 Å². The Balaban J connectivity index is 3.34. The standard InChI is InChI=1S/C15H30N2/c1-4-5-6-7-8-9-10-11-13-17(14-12-16)15(2)3/h15H,4-11,13-14H2,1-3H3. The van der Waals surface area contributed by atoms with Crippen molar-refractivity contribution in [3.05, 3.63) is 0 Å². The topological polar surface area (TPSA) is 27.0 Å². The molecule has 0 N–H and O–H groups in total. The summed E-state index contributed by atoms with van der Waals surface area (Å²) in [6.07, 6.45) is 10.8. The molecule has 17 heavy (non-hydrogen) atoms. The number of rotatable bonds is 11. The van der Waals surface area contributed by atoms with Crippen LogP contribution in [-0.2, 0) is 0 Å². The number of hydrogen-bond acceptors (Lipinski definition) is 2. The number of nitrogens with zero attached hydrogens (tertiary/aromatic N) is 2. The maximum absolute atomic E-state index is 8.72. The van der Waals surface area contributed by atoms with E-state index in [1.807, 2.05) is 0 Å². The molecule has 0 atom stereocenters. The van der Waals surface area contributed by atoms with Crippen LogP contribution in [0.15, 0.2) is 0 Å². The lowest BCUT2D eigenvalue weighted by Gasteiger charge is -2.23. The quantitative estimate of drug-likeness (QED) is 0.395. The zero-order valence-corrected chi connectivity index (χ0v) is 12.0. The number of unbranched alkanes of at least 4 members (excludes halogenated alkanes) is 7. The summed E-state index contributed by atoms with van der Waals surface area (Å²) < 4.78 is 0. The Labute approximate surface area is 108 Å². The Hall–Kier alpha value is -0.550. The molecule has 0 aliphatic rings. The van der Waals surface area contributed by atoms with Crippen LogP contribution < -0.4 is 0 Å². The van der Waals surface area contributed by atoms with Gasteiger partial charge >= 0.3 is 0 Å². The third-order valence-corrected chi connectivity index (χ3v) is 3.30. The molecule has 0 aromatic carbocycles. The fourth-order valence-electron chi connectivity index (χ4n) is 2.06. The summed E-state index contributed by atoms with van der Waals surface area (Å²) in [5.74, 6) is 0. The van der Waals surface area contributed by atoms with Crippen LogP contribution >= 0.6 is 0 Å². The molecule has 0 heterocycles. The van der Waals surface area contributed by atoms with Crippen molar-refractivity contribution in [1.82, 2.24) is 4.90 Å². The van der Waals surface area contributed by atoms with Gasteiger partial charge < -0.3 is 0 Å². The Bertz CT molecular complexity index is 194. The molecule has 0 unspecified atom stereocenters. The highest BCUT2D eigenvalue weighted by atomic mass is 15.1. The molecule has 0 rings (SSSR count). The van der Waals surface area contributed by atoms with Crippen molar-refractivity contribution in [2.45, 2.75) is 78.2 Å². The second-order valence-corrected chi connectivity index (χ2v) is 5.20. The van der Waals surface area contributed by atoms with Gasteiger partial charge in [-0.3, -0.25) is 4.90 Å². The summed E-state index contributed by atoms with van der Waals surface area (Å²) in [6.45, 7) is 8.26. The molecule has 2 nitrogen and oxygen atoms in total. The molecule has 0 fully saturated rings. The minimum atomic E-state index is 0.499. The Kier molecular flexibility index (Phi) is 11.5. The van der Waals surface area contributed by atoms with Crippen molar-refractivity contribution < 1.29 is 0 Å². The third kappa shape index (κ3) is 10.3. The molecule has 0 bridgehead atoms. The normalized spacial score (nSPS) is 11.1. The molecule has 0 amide bonds. The molecule has 0 radical (unpaired) electrons. The Morgan fingerprint density at radius 2 is 1.47 bits per heavy atom. The second-order valence-electron chi connectivity index (χ2n) is 5.20. The van der Waals surface area contributed by atoms with Crippen LogP contribution in [-0.4, -0.2) is 24.0 Å². The molecule has 0 saturated heterocycles. The van der Waals surface area contributed by atoms with Crippen molar-refractivity contribution in [1.29, 1.82) is 5.26 Å². The lowest BCUT2D eigenvalue weighted by Crippen LogP contribution is -2.32. The van der Waals surface area contributed by atoms with E-state index < -0.39 is 0 Å². The van der Waals surface area contributed by atoms with E-state index >= 15 is 0 Å². The van der Waals surface area contributed by atoms with Gasteiger partial charge in [-0.05, 0) is 26.8 Å². The van der Waals surface area contributed by atoms with Crippen LogP contribution in [0.25, 0.3) is 0 Å². The first-order valence-electron chi connectivity index (χ1n) is 7.33. The van der Waals surface area contributed by atoms with Crippen LogP contribution in [0.2, 0.25) is 0 Å². The lowest BCUT2D eigenvalue weighted by molar-refractivity contribution is 0.243. The summed E-state index contributed by atoms with van der Waals surface area (Å²) in [5, 5.41) is 8.72. The summed E-state index contributed by atoms with van der Waals surface area (Å²) in [6, 6.07) is 2.75. The van der Waals surface area contributed by atoms with Crippen molar-refractivity contribution in [2.24, 2.45) is 0 Å². The number of hydrogen-bond donors (Lipinski definition) is 0. The summed E-state index contributed by atoms with van der Waals surface area (Å²) in [7, 11) is 0. The summed E-state index contributed by atoms with van der Waals surface area (Å²) in [4.78, 5) is 2.26. The van der Waals surface area contributed by atoms with Crippen molar-refractivity contribution in [3.8, 4) is 6.07 Å². The number of nitriles is 1. The van der Waals surface area contributed by atoms with E-state index in [1.54, 1.807) is 0 Å². The highest BCUT2D eigenvalue weighted by molar-refractivity contribution is 4.78. The van der Waals surface area contributed by atoms with Crippen LogP contribution in [0.4, 0.5) is 0 Å². The lowest BCUT2D eigenvalue weighted by atomic mass is 10.1. The van der Waals surface area contributed by atoms with E-state index in [2.05, 4.69) is 31.7 Å². The van der Waals surface area contributed by atoms with Gasteiger partial charge in [-0.2, -0.15) is 5.26 Å². The van der Waals surface area contributed by atoms with E-state index in [1.165, 1.54) is 51.4 Å². The third-order valence-electron chi connectivity index (χ3n) is 3.30. The van der Waals surface area contributed by atoms with E-state index in [0.29, 0.717) is 12.6 Å². The molecule has 0 aromatic heterocycles. The smallest absolute Gasteiger partial charge is 0.0868 e. The van der Waals surface area contributed by atoms with Gasteiger partial charge in [-0.1, -0.05) is 51.9 Å². The first kappa shape index (κ1) is 16.4. The molecule has 0 aliphatic heterocycles. The van der Waals surface area contributed by atoms with E-state index in [9.17, 15) is 0 Å². The monoisotopic (exact) mass is 238 g/mol. The Morgan fingerprint density at radius 1 is 0.941 bits per heavy atom. The summed E-state index contributed by atoms with van der Waals surface area (Å²) in [5.41, 5.74) is 0. The van der Waals surface area contributed by atoms with Crippen LogP contribution in [0.3, 0.4) is 0 Å². The molecular weight excluding hydrogens is 208 g/mol. The molecular formula is C15H30N2. The predicted octanol–water partition coefficient (Wildman–Crippen LogP) is 4.36. The van der Waals surface area contributed by atoms with Crippen LogP contribution in [0, 0.1) is 11.3 Å². The maximum Gasteiger partial charge on any atom is 0.0868 e. The van der Waals surface area contributed by atoms with Crippen molar-refractivity contribution >= 4 is 0 Å². The fourth-order valence-corrected chi connectivity index (χ4v) is 2.06. The minimum Gasteiger partial charge on any atom is -0.288 e. The maximum atomic E-state index is 8.72. The largest absolute Gasteiger partial charge is 0.288 e. The first-order chi connectivity index (χ1) is 8.22. The van der Waals surface area contributed by atoms with Gasteiger partial charge in [-0.25, -0.2) is 0 Å². The van der Waals surface area contributed by atoms with E-state index in [-0.39, 0.29) is 0 Å². The molecule has 0 spiro atoms. The fraction of sp³-hybridized carbons (Fsp3) is 0.933. The SMILES string of the molecule is CCCCCCCCCCN(CC#N)C(C)C.